The van der Waals surface area contributed by atoms with E-state index in [9.17, 15) is 10.1 Å². The van der Waals surface area contributed by atoms with Crippen LogP contribution in [0.15, 0.2) is 42.5 Å². The third-order valence-corrected chi connectivity index (χ3v) is 3.66. The van der Waals surface area contributed by atoms with E-state index in [1.54, 1.807) is 24.3 Å². The second kappa shape index (κ2) is 8.16. The minimum absolute atomic E-state index is 0.223. The molecule has 1 amide bonds. The van der Waals surface area contributed by atoms with Gasteiger partial charge in [0.2, 0.25) is 0 Å². The maximum Gasteiger partial charge on any atom is 0.255 e. The molecule has 0 heterocycles. The van der Waals surface area contributed by atoms with Crippen LogP contribution in [0.5, 0.6) is 0 Å². The van der Waals surface area contributed by atoms with Gasteiger partial charge in [-0.25, -0.2) is 0 Å². The van der Waals surface area contributed by atoms with Gasteiger partial charge in [-0.15, -0.1) is 0 Å². The minimum Gasteiger partial charge on any atom is -0.398 e. The monoisotopic (exact) mass is 323 g/mol. The Hall–Kier alpha value is -2.80. The molecule has 24 heavy (non-hydrogen) atoms. The molecule has 3 N–H and O–H groups in total. The first-order chi connectivity index (χ1) is 11.3. The predicted octanol–water partition coefficient (Wildman–Crippen LogP) is 4.66. The maximum absolute atomic E-state index is 12.3. The summed E-state index contributed by atoms with van der Waals surface area (Å²) in [6, 6.07) is 14.8. The Morgan fingerprint density at radius 3 is 2.42 bits per heavy atom. The van der Waals surface area contributed by atoms with Crippen LogP contribution in [-0.2, 0) is 5.41 Å². The van der Waals surface area contributed by atoms with Crippen molar-refractivity contribution in [2.75, 3.05) is 11.1 Å². The molecule has 0 aliphatic heterocycles. The first kappa shape index (κ1) is 19.2. The van der Waals surface area contributed by atoms with Gasteiger partial charge in [0.1, 0.15) is 0 Å². The van der Waals surface area contributed by atoms with E-state index in [0.717, 1.165) is 11.1 Å². The predicted molar refractivity (Wildman–Crippen MR) is 100.0 cm³/mol. The van der Waals surface area contributed by atoms with E-state index in [0.29, 0.717) is 16.9 Å². The Balaban J connectivity index is 0.00000139. The number of benzene rings is 2. The lowest BCUT2D eigenvalue weighted by atomic mass is 9.85. The van der Waals surface area contributed by atoms with Crippen LogP contribution in [0.1, 0.15) is 49.2 Å². The molecule has 2 aromatic rings. The summed E-state index contributed by atoms with van der Waals surface area (Å²) in [4.78, 5) is 12.3. The highest BCUT2D eigenvalue weighted by molar-refractivity contribution is 6.04. The molecule has 0 saturated heterocycles. The number of aryl methyl sites for hydroxylation is 1. The quantitative estimate of drug-likeness (QED) is 0.806. The molecule has 4 nitrogen and oxygen atoms in total. The van der Waals surface area contributed by atoms with Gasteiger partial charge in [0.05, 0.1) is 11.5 Å². The zero-order valence-corrected chi connectivity index (χ0v) is 15.0. The largest absolute Gasteiger partial charge is 0.398 e. The van der Waals surface area contributed by atoms with Crippen molar-refractivity contribution < 1.29 is 4.79 Å². The summed E-state index contributed by atoms with van der Waals surface area (Å²) in [5.74, 6) is -0.223. The van der Waals surface area contributed by atoms with Crippen molar-refractivity contribution in [1.82, 2.24) is 0 Å². The van der Waals surface area contributed by atoms with Crippen molar-refractivity contribution in [3.63, 3.8) is 0 Å². The first-order valence-corrected chi connectivity index (χ1v) is 8.03. The lowest BCUT2D eigenvalue weighted by molar-refractivity contribution is 0.102. The molecule has 0 bridgehead atoms. The van der Waals surface area contributed by atoms with E-state index in [1.807, 2.05) is 52.8 Å². The summed E-state index contributed by atoms with van der Waals surface area (Å²) in [5, 5.41) is 12.0. The molecule has 2 rings (SSSR count). The van der Waals surface area contributed by atoms with E-state index in [2.05, 4.69) is 11.4 Å². The third-order valence-electron chi connectivity index (χ3n) is 3.66. The van der Waals surface area contributed by atoms with E-state index in [-0.39, 0.29) is 5.91 Å². The van der Waals surface area contributed by atoms with E-state index in [1.165, 1.54) is 0 Å². The van der Waals surface area contributed by atoms with Gasteiger partial charge in [-0.05, 0) is 56.2 Å². The Labute approximate surface area is 144 Å². The Bertz CT molecular complexity index is 758. The highest BCUT2D eigenvalue weighted by Gasteiger charge is 2.20. The number of hydrogen-bond donors (Lipinski definition) is 2. The zero-order valence-electron chi connectivity index (χ0n) is 15.0. The maximum atomic E-state index is 12.3. The average Bonchev–Trinajstić information content (AvgIpc) is 2.60. The van der Waals surface area contributed by atoms with Crippen LogP contribution in [0.3, 0.4) is 0 Å². The summed E-state index contributed by atoms with van der Waals surface area (Å²) in [6.45, 7) is 9.56. The van der Waals surface area contributed by atoms with Crippen LogP contribution in [0.25, 0.3) is 0 Å². The number of amides is 1. The van der Waals surface area contributed by atoms with Gasteiger partial charge in [-0.1, -0.05) is 32.0 Å². The molecule has 2 aromatic carbocycles. The number of nitrogens with one attached hydrogen (secondary N) is 1. The van der Waals surface area contributed by atoms with Crippen molar-refractivity contribution >= 4 is 17.3 Å². The summed E-state index contributed by atoms with van der Waals surface area (Å²) >= 11 is 0. The van der Waals surface area contributed by atoms with Gasteiger partial charge in [0.25, 0.3) is 5.91 Å². The molecule has 0 aliphatic rings. The Morgan fingerprint density at radius 2 is 1.83 bits per heavy atom. The highest BCUT2D eigenvalue weighted by atomic mass is 16.1. The number of nitrogens with two attached hydrogens (primary N) is 1. The van der Waals surface area contributed by atoms with Gasteiger partial charge in [0, 0.05) is 16.9 Å². The summed E-state index contributed by atoms with van der Waals surface area (Å²) < 4.78 is 0. The molecule has 0 spiro atoms. The first-order valence-electron chi connectivity index (χ1n) is 8.03. The number of carbonyl (C=O) groups is 1. The van der Waals surface area contributed by atoms with Crippen LogP contribution in [-0.4, -0.2) is 5.91 Å². The van der Waals surface area contributed by atoms with Gasteiger partial charge in [-0.2, -0.15) is 5.26 Å². The fraction of sp³-hybridized carbons (Fsp3) is 0.300. The zero-order chi connectivity index (χ0) is 18.3. The number of anilines is 2. The van der Waals surface area contributed by atoms with Crippen molar-refractivity contribution in [3.8, 4) is 6.07 Å². The molecular weight excluding hydrogens is 298 g/mol. The molecule has 0 aromatic heterocycles. The molecule has 4 heteroatoms. The molecule has 0 saturated carbocycles. The normalized spacial score (nSPS) is 10.2. The number of nitriles is 1. The second-order valence-electron chi connectivity index (χ2n) is 5.84. The number of nitrogen functional groups attached to an aromatic ring is 1. The van der Waals surface area contributed by atoms with Crippen LogP contribution in [0.2, 0.25) is 0 Å². The van der Waals surface area contributed by atoms with Crippen LogP contribution < -0.4 is 11.1 Å². The molecule has 126 valence electrons. The third kappa shape index (κ3) is 4.60. The van der Waals surface area contributed by atoms with Crippen LogP contribution in [0.4, 0.5) is 11.4 Å². The Morgan fingerprint density at radius 1 is 1.17 bits per heavy atom. The fourth-order valence-corrected chi connectivity index (χ4v) is 2.04. The standard InChI is InChI=1S/C18H19N3O.C2H6/c1-12-7-8-15(10-16(12)20)21-17(22)13-5-4-6-14(9-13)18(2,3)11-19;1-2/h4-10H,20H2,1-3H3,(H,21,22);1-2H3. The average molecular weight is 323 g/mol. The topological polar surface area (TPSA) is 78.9 Å². The number of hydrogen-bond acceptors (Lipinski definition) is 3. The molecule has 0 radical (unpaired) electrons. The molecule has 0 unspecified atom stereocenters. The lowest BCUT2D eigenvalue weighted by Crippen LogP contribution is -2.17. The summed E-state index contributed by atoms with van der Waals surface area (Å²) in [6.07, 6.45) is 0. The van der Waals surface area contributed by atoms with Crippen LogP contribution in [0, 0.1) is 18.3 Å². The number of carbonyl (C=O) groups excluding carboxylic acids is 1. The molecule has 0 atom stereocenters. The van der Waals surface area contributed by atoms with E-state index >= 15 is 0 Å². The smallest absolute Gasteiger partial charge is 0.255 e. The fourth-order valence-electron chi connectivity index (χ4n) is 2.04. The summed E-state index contributed by atoms with van der Waals surface area (Å²) in [5.41, 5.74) is 8.79. The molecular formula is C20H25N3O. The second-order valence-corrected chi connectivity index (χ2v) is 5.84. The van der Waals surface area contributed by atoms with Crippen molar-refractivity contribution in [2.24, 2.45) is 0 Å². The molecule has 0 fully saturated rings. The highest BCUT2D eigenvalue weighted by Crippen LogP contribution is 2.23. The SMILES string of the molecule is CC.Cc1ccc(NC(=O)c2cccc(C(C)(C)C#N)c2)cc1N. The van der Waals surface area contributed by atoms with Gasteiger partial charge < -0.3 is 11.1 Å². The minimum atomic E-state index is -0.634. The van der Waals surface area contributed by atoms with Crippen molar-refractivity contribution in [2.45, 2.75) is 40.0 Å². The van der Waals surface area contributed by atoms with Crippen LogP contribution >= 0.6 is 0 Å². The van der Waals surface area contributed by atoms with E-state index in [4.69, 9.17) is 5.73 Å². The molecule has 0 aliphatic carbocycles. The van der Waals surface area contributed by atoms with Gasteiger partial charge in [-0.3, -0.25) is 4.79 Å². The van der Waals surface area contributed by atoms with Gasteiger partial charge in [0.15, 0.2) is 0 Å². The van der Waals surface area contributed by atoms with Gasteiger partial charge >= 0.3 is 0 Å². The number of nitrogens with zero attached hydrogens (tertiary/aromatic N) is 1. The lowest BCUT2D eigenvalue weighted by Gasteiger charge is -2.16. The summed E-state index contributed by atoms with van der Waals surface area (Å²) in [7, 11) is 0. The van der Waals surface area contributed by atoms with Crippen molar-refractivity contribution in [1.29, 1.82) is 5.26 Å². The van der Waals surface area contributed by atoms with E-state index < -0.39 is 5.41 Å². The number of rotatable bonds is 3. The van der Waals surface area contributed by atoms with Crippen molar-refractivity contribution in [3.05, 3.63) is 59.2 Å². The Kier molecular flexibility index (Phi) is 6.55.